The van der Waals surface area contributed by atoms with Crippen LogP contribution in [-0.2, 0) is 0 Å². The van der Waals surface area contributed by atoms with Crippen molar-refractivity contribution < 1.29 is 10.2 Å². The first-order valence-corrected chi connectivity index (χ1v) is 6.66. The first-order valence-electron chi connectivity index (χ1n) is 6.66. The number of nitrogens with zero attached hydrogens (tertiary/aromatic N) is 2. The molecule has 2 aromatic rings. The predicted octanol–water partition coefficient (Wildman–Crippen LogP) is 2.15. The van der Waals surface area contributed by atoms with Crippen molar-refractivity contribution in [3.8, 4) is 5.75 Å². The van der Waals surface area contributed by atoms with Crippen molar-refractivity contribution in [1.29, 1.82) is 0 Å². The summed E-state index contributed by atoms with van der Waals surface area (Å²) in [7, 11) is 0. The van der Waals surface area contributed by atoms with Gasteiger partial charge in [0.25, 0.3) is 0 Å². The molecular weight excluding hydrogens is 240 g/mol. The molecular formula is C15H18N2O2. The summed E-state index contributed by atoms with van der Waals surface area (Å²) in [5.41, 5.74) is 0. The van der Waals surface area contributed by atoms with Gasteiger partial charge in [-0.15, -0.1) is 0 Å². The third-order valence-electron chi connectivity index (χ3n) is 3.95. The number of rotatable bonds is 1. The first-order chi connectivity index (χ1) is 9.15. The summed E-state index contributed by atoms with van der Waals surface area (Å²) >= 11 is 0. The second-order valence-electron chi connectivity index (χ2n) is 5.32. The summed E-state index contributed by atoms with van der Waals surface area (Å²) in [6.07, 6.45) is 2.42. The van der Waals surface area contributed by atoms with E-state index in [0.717, 1.165) is 29.6 Å². The van der Waals surface area contributed by atoms with Crippen molar-refractivity contribution in [2.45, 2.75) is 19.4 Å². The van der Waals surface area contributed by atoms with Crippen molar-refractivity contribution in [2.24, 2.45) is 5.92 Å². The molecule has 0 aliphatic carbocycles. The maximum absolute atomic E-state index is 10.0. The smallest absolute Gasteiger partial charge is 0.136 e. The minimum atomic E-state index is -0.317. The van der Waals surface area contributed by atoms with E-state index in [2.05, 4.69) is 16.8 Å². The summed E-state index contributed by atoms with van der Waals surface area (Å²) in [5.74, 6) is 1.42. The van der Waals surface area contributed by atoms with Crippen molar-refractivity contribution in [3.05, 3.63) is 30.5 Å². The molecule has 0 bridgehead atoms. The lowest BCUT2D eigenvalue weighted by Crippen LogP contribution is -2.43. The number of phenolic OH excluding ortho intramolecular Hbond substituents is 1. The van der Waals surface area contributed by atoms with E-state index >= 15 is 0 Å². The van der Waals surface area contributed by atoms with Crippen LogP contribution in [0, 0.1) is 5.92 Å². The standard InChI is InChI=1S/C15H18N2O2/c1-10-5-7-17(9-14(10)19)15-13-8-12(18)3-2-11(13)4-6-16-15/h2-4,6,8,10,14,18-19H,5,7,9H2,1H3. The average molecular weight is 258 g/mol. The molecule has 0 amide bonds. The lowest BCUT2D eigenvalue weighted by Gasteiger charge is -2.35. The zero-order chi connectivity index (χ0) is 13.4. The van der Waals surface area contributed by atoms with E-state index in [4.69, 9.17) is 0 Å². The van der Waals surface area contributed by atoms with Gasteiger partial charge < -0.3 is 15.1 Å². The summed E-state index contributed by atoms with van der Waals surface area (Å²) < 4.78 is 0. The number of benzene rings is 1. The molecule has 1 aromatic carbocycles. The highest BCUT2D eigenvalue weighted by Crippen LogP contribution is 2.30. The van der Waals surface area contributed by atoms with E-state index in [9.17, 15) is 10.2 Å². The molecule has 0 spiro atoms. The number of phenols is 1. The van der Waals surface area contributed by atoms with Gasteiger partial charge in [0.2, 0.25) is 0 Å². The zero-order valence-corrected chi connectivity index (χ0v) is 11.0. The highest BCUT2D eigenvalue weighted by atomic mass is 16.3. The number of aliphatic hydroxyl groups is 1. The molecule has 0 radical (unpaired) electrons. The topological polar surface area (TPSA) is 56.6 Å². The van der Waals surface area contributed by atoms with Gasteiger partial charge in [-0.2, -0.15) is 0 Å². The van der Waals surface area contributed by atoms with Gasteiger partial charge in [0.05, 0.1) is 6.10 Å². The number of aliphatic hydroxyl groups excluding tert-OH is 1. The summed E-state index contributed by atoms with van der Waals surface area (Å²) in [6.45, 7) is 3.56. The molecule has 2 atom stereocenters. The van der Waals surface area contributed by atoms with E-state index in [1.807, 2.05) is 12.1 Å². The van der Waals surface area contributed by atoms with Crippen LogP contribution in [0.1, 0.15) is 13.3 Å². The molecule has 2 N–H and O–H groups in total. The monoisotopic (exact) mass is 258 g/mol. The molecule has 3 rings (SSSR count). The molecule has 1 aliphatic heterocycles. The summed E-state index contributed by atoms with van der Waals surface area (Å²) in [4.78, 5) is 6.54. The van der Waals surface area contributed by atoms with Gasteiger partial charge in [-0.1, -0.05) is 13.0 Å². The van der Waals surface area contributed by atoms with E-state index < -0.39 is 0 Å². The van der Waals surface area contributed by atoms with Crippen LogP contribution in [0.15, 0.2) is 30.5 Å². The number of hydrogen-bond acceptors (Lipinski definition) is 4. The number of β-amino-alcohol motifs (C(OH)–C–C–N with tert-alkyl or cyclic N) is 1. The van der Waals surface area contributed by atoms with Crippen LogP contribution >= 0.6 is 0 Å². The lowest BCUT2D eigenvalue weighted by molar-refractivity contribution is 0.103. The van der Waals surface area contributed by atoms with Crippen molar-refractivity contribution >= 4 is 16.6 Å². The van der Waals surface area contributed by atoms with E-state index in [1.165, 1.54) is 0 Å². The Morgan fingerprint density at radius 2 is 2.16 bits per heavy atom. The summed E-state index contributed by atoms with van der Waals surface area (Å²) in [6, 6.07) is 7.24. The number of piperidine rings is 1. The number of aromatic hydroxyl groups is 1. The van der Waals surface area contributed by atoms with Gasteiger partial charge in [-0.05, 0) is 35.9 Å². The van der Waals surface area contributed by atoms with Crippen LogP contribution in [0.3, 0.4) is 0 Å². The predicted molar refractivity (Wildman–Crippen MR) is 75.4 cm³/mol. The minimum absolute atomic E-state index is 0.243. The third-order valence-corrected chi connectivity index (χ3v) is 3.95. The molecule has 1 aliphatic rings. The van der Waals surface area contributed by atoms with Crippen LogP contribution < -0.4 is 4.90 Å². The molecule has 2 unspecified atom stereocenters. The highest BCUT2D eigenvalue weighted by molar-refractivity contribution is 5.93. The number of pyridine rings is 1. The number of hydrogen-bond donors (Lipinski definition) is 2. The van der Waals surface area contributed by atoms with Crippen LogP contribution in [0.2, 0.25) is 0 Å². The van der Waals surface area contributed by atoms with Crippen LogP contribution in [0.5, 0.6) is 5.75 Å². The Morgan fingerprint density at radius 1 is 1.32 bits per heavy atom. The van der Waals surface area contributed by atoms with E-state index in [1.54, 1.807) is 18.3 Å². The number of aromatic nitrogens is 1. The molecule has 1 fully saturated rings. The highest BCUT2D eigenvalue weighted by Gasteiger charge is 2.25. The number of anilines is 1. The Bertz CT molecular complexity index is 600. The van der Waals surface area contributed by atoms with Gasteiger partial charge in [0, 0.05) is 24.7 Å². The SMILES string of the molecule is CC1CCN(c2nccc3ccc(O)cc23)CC1O. The molecule has 19 heavy (non-hydrogen) atoms. The molecule has 1 aromatic heterocycles. The zero-order valence-electron chi connectivity index (χ0n) is 11.0. The Kier molecular flexibility index (Phi) is 3.03. The Labute approximate surface area is 112 Å². The van der Waals surface area contributed by atoms with E-state index in [0.29, 0.717) is 12.5 Å². The average Bonchev–Trinajstić information content (AvgIpc) is 2.41. The van der Waals surface area contributed by atoms with Crippen LogP contribution in [0.25, 0.3) is 10.8 Å². The van der Waals surface area contributed by atoms with E-state index in [-0.39, 0.29) is 11.9 Å². The molecule has 100 valence electrons. The Balaban J connectivity index is 2.03. The second kappa shape index (κ2) is 4.70. The van der Waals surface area contributed by atoms with Crippen molar-refractivity contribution in [3.63, 3.8) is 0 Å². The maximum Gasteiger partial charge on any atom is 0.136 e. The van der Waals surface area contributed by atoms with Crippen molar-refractivity contribution in [1.82, 2.24) is 4.98 Å². The van der Waals surface area contributed by atoms with Gasteiger partial charge in [0.1, 0.15) is 11.6 Å². The van der Waals surface area contributed by atoms with Gasteiger partial charge >= 0.3 is 0 Å². The van der Waals surface area contributed by atoms with Crippen LogP contribution in [-0.4, -0.2) is 34.4 Å². The Hall–Kier alpha value is -1.81. The normalized spacial score (nSPS) is 23.8. The van der Waals surface area contributed by atoms with Gasteiger partial charge in [-0.3, -0.25) is 0 Å². The van der Waals surface area contributed by atoms with Crippen molar-refractivity contribution in [2.75, 3.05) is 18.0 Å². The van der Waals surface area contributed by atoms with Crippen LogP contribution in [0.4, 0.5) is 5.82 Å². The molecule has 1 saturated heterocycles. The fourth-order valence-corrected chi connectivity index (χ4v) is 2.63. The fourth-order valence-electron chi connectivity index (χ4n) is 2.63. The van der Waals surface area contributed by atoms with Gasteiger partial charge in [0.15, 0.2) is 0 Å². The molecule has 4 heteroatoms. The number of fused-ring (bicyclic) bond motifs is 1. The third kappa shape index (κ3) is 2.24. The lowest BCUT2D eigenvalue weighted by atomic mass is 9.96. The quantitative estimate of drug-likeness (QED) is 0.823. The fraction of sp³-hybridized carbons (Fsp3) is 0.400. The molecule has 2 heterocycles. The second-order valence-corrected chi connectivity index (χ2v) is 5.32. The molecule has 0 saturated carbocycles. The first kappa shape index (κ1) is 12.2. The minimum Gasteiger partial charge on any atom is -0.508 e. The maximum atomic E-state index is 10.0. The largest absolute Gasteiger partial charge is 0.508 e. The molecule has 4 nitrogen and oxygen atoms in total. The summed E-state index contributed by atoms with van der Waals surface area (Å²) in [5, 5.41) is 21.7. The Morgan fingerprint density at radius 3 is 2.95 bits per heavy atom. The van der Waals surface area contributed by atoms with Gasteiger partial charge in [-0.25, -0.2) is 4.98 Å².